The number of benzene rings is 1. The fourth-order valence-electron chi connectivity index (χ4n) is 1.22. The van der Waals surface area contributed by atoms with E-state index in [1.54, 1.807) is 18.2 Å². The summed E-state index contributed by atoms with van der Waals surface area (Å²) in [5, 5.41) is 2.64. The van der Waals surface area contributed by atoms with Crippen LogP contribution in [0, 0.1) is 0 Å². The maximum absolute atomic E-state index is 11.8. The lowest BCUT2D eigenvalue weighted by Gasteiger charge is -2.06. The Kier molecular flexibility index (Phi) is 4.17. The predicted octanol–water partition coefficient (Wildman–Crippen LogP) is 2.42. The van der Waals surface area contributed by atoms with Gasteiger partial charge in [-0.2, -0.15) is 0 Å². The van der Waals surface area contributed by atoms with E-state index in [0.29, 0.717) is 5.13 Å². The minimum Gasteiger partial charge on any atom is -0.283 e. The van der Waals surface area contributed by atoms with E-state index >= 15 is 0 Å². The number of aromatic nitrogens is 1. The van der Waals surface area contributed by atoms with Gasteiger partial charge in [0.1, 0.15) is 0 Å². The Hall–Kier alpha value is -1.45. The number of carbonyl (C=O) groups excluding carboxylic acids is 1. The maximum atomic E-state index is 11.8. The third kappa shape index (κ3) is 3.75. The summed E-state index contributed by atoms with van der Waals surface area (Å²) in [7, 11) is -3.87. The zero-order chi connectivity index (χ0) is 13.9. The summed E-state index contributed by atoms with van der Waals surface area (Å²) >= 11 is 4.36. The lowest BCUT2D eigenvalue weighted by Crippen LogP contribution is -2.34. The lowest BCUT2D eigenvalue weighted by atomic mass is 10.4. The topological polar surface area (TPSA) is 88.2 Å². The molecule has 2 aromatic rings. The van der Waals surface area contributed by atoms with E-state index in [2.05, 4.69) is 26.2 Å². The number of nitrogens with one attached hydrogen (secondary N) is 2. The zero-order valence-corrected chi connectivity index (χ0v) is 12.5. The van der Waals surface area contributed by atoms with Crippen LogP contribution in [0.2, 0.25) is 0 Å². The standard InChI is InChI=1S/C10H8BrN3O3S2/c11-8-6-12-10(18-8)13-9(15)14-19(16,17)7-4-2-1-3-5-7/h1-6H,(H2,12,13,14,15). The van der Waals surface area contributed by atoms with Gasteiger partial charge >= 0.3 is 6.03 Å². The van der Waals surface area contributed by atoms with Gasteiger partial charge in [-0.1, -0.05) is 29.5 Å². The maximum Gasteiger partial charge on any atom is 0.334 e. The van der Waals surface area contributed by atoms with Crippen LogP contribution >= 0.6 is 27.3 Å². The van der Waals surface area contributed by atoms with Crippen LogP contribution in [-0.4, -0.2) is 19.4 Å². The molecule has 2 rings (SSSR count). The normalized spacial score (nSPS) is 11.0. The molecule has 0 bridgehead atoms. The van der Waals surface area contributed by atoms with Crippen molar-refractivity contribution in [3.8, 4) is 0 Å². The van der Waals surface area contributed by atoms with E-state index in [4.69, 9.17) is 0 Å². The molecular weight excluding hydrogens is 354 g/mol. The Labute approximate surface area is 122 Å². The first kappa shape index (κ1) is 14.0. The average Bonchev–Trinajstić information content (AvgIpc) is 2.75. The monoisotopic (exact) mass is 361 g/mol. The van der Waals surface area contributed by atoms with Crippen LogP contribution in [0.25, 0.3) is 0 Å². The number of urea groups is 1. The largest absolute Gasteiger partial charge is 0.334 e. The molecule has 0 saturated carbocycles. The van der Waals surface area contributed by atoms with Crippen molar-refractivity contribution in [2.24, 2.45) is 0 Å². The fraction of sp³-hybridized carbons (Fsp3) is 0. The molecule has 1 aromatic carbocycles. The van der Waals surface area contributed by atoms with Gasteiger partial charge in [-0.15, -0.1) is 0 Å². The number of anilines is 1. The van der Waals surface area contributed by atoms with Gasteiger partial charge in [0.15, 0.2) is 5.13 Å². The summed E-state index contributed by atoms with van der Waals surface area (Å²) in [6.45, 7) is 0. The van der Waals surface area contributed by atoms with Crippen LogP contribution in [-0.2, 0) is 10.0 Å². The van der Waals surface area contributed by atoms with Gasteiger partial charge < -0.3 is 0 Å². The van der Waals surface area contributed by atoms with Crippen LogP contribution in [0.15, 0.2) is 45.2 Å². The molecule has 0 aliphatic heterocycles. The molecule has 0 saturated heterocycles. The van der Waals surface area contributed by atoms with Crippen molar-refractivity contribution in [1.82, 2.24) is 9.71 Å². The van der Waals surface area contributed by atoms with Gasteiger partial charge in [-0.25, -0.2) is 22.9 Å². The number of hydrogen-bond donors (Lipinski definition) is 2. The second-order valence-corrected chi connectivity index (χ2v) is 7.43. The summed E-state index contributed by atoms with van der Waals surface area (Å²) in [6, 6.07) is 6.78. The highest BCUT2D eigenvalue weighted by Gasteiger charge is 2.17. The van der Waals surface area contributed by atoms with Crippen LogP contribution in [0.3, 0.4) is 0 Å². The van der Waals surface area contributed by atoms with Gasteiger partial charge in [0.2, 0.25) is 0 Å². The molecule has 0 unspecified atom stereocenters. The number of hydrogen-bond acceptors (Lipinski definition) is 5. The first-order valence-corrected chi connectivity index (χ1v) is 8.07. The Bertz CT molecular complexity index is 685. The molecule has 0 fully saturated rings. The van der Waals surface area contributed by atoms with Crippen LogP contribution in [0.5, 0.6) is 0 Å². The van der Waals surface area contributed by atoms with Crippen molar-refractivity contribution >= 4 is 48.5 Å². The molecule has 1 heterocycles. The SMILES string of the molecule is O=C(Nc1ncc(Br)s1)NS(=O)(=O)c1ccccc1. The molecule has 0 radical (unpaired) electrons. The molecule has 0 aliphatic carbocycles. The summed E-state index contributed by atoms with van der Waals surface area (Å²) in [6.07, 6.45) is 1.51. The Morgan fingerprint density at radius 1 is 1.26 bits per heavy atom. The number of thiazole rings is 1. The van der Waals surface area contributed by atoms with E-state index in [9.17, 15) is 13.2 Å². The van der Waals surface area contributed by atoms with Gasteiger partial charge in [0, 0.05) is 0 Å². The first-order chi connectivity index (χ1) is 8.97. The number of halogens is 1. The molecule has 0 spiro atoms. The summed E-state index contributed by atoms with van der Waals surface area (Å²) in [5.41, 5.74) is 0. The second kappa shape index (κ2) is 5.68. The summed E-state index contributed by atoms with van der Waals surface area (Å²) in [5.74, 6) is 0. The zero-order valence-electron chi connectivity index (χ0n) is 9.33. The number of nitrogens with zero attached hydrogens (tertiary/aromatic N) is 1. The second-order valence-electron chi connectivity index (χ2n) is 3.34. The first-order valence-electron chi connectivity index (χ1n) is 4.97. The molecule has 19 heavy (non-hydrogen) atoms. The van der Waals surface area contributed by atoms with E-state index in [-0.39, 0.29) is 4.90 Å². The highest BCUT2D eigenvalue weighted by molar-refractivity contribution is 9.11. The number of sulfonamides is 1. The molecule has 2 amide bonds. The van der Waals surface area contributed by atoms with Crippen LogP contribution in [0.4, 0.5) is 9.93 Å². The van der Waals surface area contributed by atoms with Crippen LogP contribution in [0.1, 0.15) is 0 Å². The minimum absolute atomic E-state index is 0.0190. The molecule has 0 atom stereocenters. The molecular formula is C10H8BrN3O3S2. The molecule has 2 N–H and O–H groups in total. The minimum atomic E-state index is -3.87. The Morgan fingerprint density at radius 2 is 1.95 bits per heavy atom. The molecule has 1 aromatic heterocycles. The van der Waals surface area contributed by atoms with Gasteiger partial charge in [0.25, 0.3) is 10.0 Å². The van der Waals surface area contributed by atoms with Crippen LogP contribution < -0.4 is 10.0 Å². The Balaban J connectivity index is 2.07. The van der Waals surface area contributed by atoms with E-state index < -0.39 is 16.1 Å². The van der Waals surface area contributed by atoms with Gasteiger partial charge in [-0.3, -0.25) is 5.32 Å². The third-order valence-electron chi connectivity index (χ3n) is 1.98. The number of carbonyl (C=O) groups is 1. The highest BCUT2D eigenvalue weighted by atomic mass is 79.9. The van der Waals surface area contributed by atoms with Crippen molar-refractivity contribution in [3.05, 3.63) is 40.3 Å². The van der Waals surface area contributed by atoms with Crippen molar-refractivity contribution in [2.75, 3.05) is 5.32 Å². The van der Waals surface area contributed by atoms with Crippen molar-refractivity contribution < 1.29 is 13.2 Å². The van der Waals surface area contributed by atoms with Crippen molar-refractivity contribution in [2.45, 2.75) is 4.90 Å². The quantitative estimate of drug-likeness (QED) is 0.878. The average molecular weight is 362 g/mol. The molecule has 100 valence electrons. The molecule has 6 nitrogen and oxygen atoms in total. The summed E-state index contributed by atoms with van der Waals surface area (Å²) < 4.78 is 26.3. The molecule has 0 aliphatic rings. The molecule has 9 heteroatoms. The van der Waals surface area contributed by atoms with Crippen molar-refractivity contribution in [1.29, 1.82) is 0 Å². The number of rotatable bonds is 3. The van der Waals surface area contributed by atoms with E-state index in [0.717, 1.165) is 3.79 Å². The van der Waals surface area contributed by atoms with Gasteiger partial charge in [0.05, 0.1) is 14.9 Å². The highest BCUT2D eigenvalue weighted by Crippen LogP contribution is 2.22. The fourth-order valence-corrected chi connectivity index (χ4v) is 3.25. The van der Waals surface area contributed by atoms with Crippen molar-refractivity contribution in [3.63, 3.8) is 0 Å². The Morgan fingerprint density at radius 3 is 2.53 bits per heavy atom. The predicted molar refractivity (Wildman–Crippen MR) is 75.6 cm³/mol. The number of amides is 2. The summed E-state index contributed by atoms with van der Waals surface area (Å²) in [4.78, 5) is 15.4. The third-order valence-corrected chi connectivity index (χ3v) is 4.72. The van der Waals surface area contributed by atoms with E-state index in [1.807, 2.05) is 4.72 Å². The van der Waals surface area contributed by atoms with Gasteiger partial charge in [-0.05, 0) is 28.1 Å². The lowest BCUT2D eigenvalue weighted by molar-refractivity contribution is 0.256. The smallest absolute Gasteiger partial charge is 0.283 e. The van der Waals surface area contributed by atoms with E-state index in [1.165, 1.54) is 29.7 Å².